The van der Waals surface area contributed by atoms with Crippen molar-refractivity contribution in [3.8, 4) is 0 Å². The molecule has 7 nitrogen and oxygen atoms in total. The van der Waals surface area contributed by atoms with Crippen LogP contribution in [0.3, 0.4) is 0 Å². The molecule has 1 aromatic heterocycles. The first-order valence-corrected chi connectivity index (χ1v) is 4.83. The molecule has 8 heteroatoms. The van der Waals surface area contributed by atoms with E-state index >= 15 is 0 Å². The van der Waals surface area contributed by atoms with Crippen LogP contribution in [0.15, 0.2) is 21.6 Å². The Kier molecular flexibility index (Phi) is 2.89. The Morgan fingerprint density at radius 2 is 2.21 bits per heavy atom. The quantitative estimate of drug-likeness (QED) is 0.537. The Hall–Kier alpha value is -1.38. The number of carbonyl (C=O) groups excluding carboxylic acids is 1. The van der Waals surface area contributed by atoms with Crippen molar-refractivity contribution in [1.29, 1.82) is 0 Å². The van der Waals surface area contributed by atoms with Gasteiger partial charge in [0.25, 0.3) is 10.0 Å². The summed E-state index contributed by atoms with van der Waals surface area (Å²) in [6, 6.07) is 2.14. The fourth-order valence-corrected chi connectivity index (χ4v) is 1.26. The summed E-state index contributed by atoms with van der Waals surface area (Å²) in [5, 5.41) is 7.67. The Labute approximate surface area is 79.3 Å². The molecule has 0 unspecified atom stereocenters. The summed E-state index contributed by atoms with van der Waals surface area (Å²) in [5.74, 6) is -1.06. The van der Waals surface area contributed by atoms with Gasteiger partial charge in [0.1, 0.15) is 0 Å². The lowest BCUT2D eigenvalue weighted by atomic mass is 10.5. The average Bonchev–Trinajstić information content (AvgIpc) is 2.66. The van der Waals surface area contributed by atoms with E-state index in [1.54, 1.807) is 0 Å². The number of carbonyl (C=O) groups is 1. The standard InChI is InChI=1S/C6H7NO6S/c1-12-6(8)4-2-3-5(13-4)14(10,11)7-9/h2-3,7,9H,1H3. The number of rotatable bonds is 3. The zero-order chi connectivity index (χ0) is 10.8. The van der Waals surface area contributed by atoms with Crippen LogP contribution in [0, 0.1) is 0 Å². The third kappa shape index (κ3) is 1.92. The van der Waals surface area contributed by atoms with Crippen molar-refractivity contribution in [3.05, 3.63) is 17.9 Å². The predicted molar refractivity (Wildman–Crippen MR) is 42.2 cm³/mol. The van der Waals surface area contributed by atoms with Crippen LogP contribution >= 0.6 is 0 Å². The summed E-state index contributed by atoms with van der Waals surface area (Å²) in [6.45, 7) is 0. The van der Waals surface area contributed by atoms with Crippen molar-refractivity contribution in [1.82, 2.24) is 4.89 Å². The van der Waals surface area contributed by atoms with E-state index in [9.17, 15) is 13.2 Å². The molecule has 0 radical (unpaired) electrons. The Balaban J connectivity index is 3.06. The Bertz CT molecular complexity index is 433. The van der Waals surface area contributed by atoms with E-state index in [0.29, 0.717) is 0 Å². The van der Waals surface area contributed by atoms with Crippen LogP contribution in [0.4, 0.5) is 0 Å². The lowest BCUT2D eigenvalue weighted by molar-refractivity contribution is 0.0558. The van der Waals surface area contributed by atoms with Crippen LogP contribution in [-0.2, 0) is 14.8 Å². The van der Waals surface area contributed by atoms with E-state index < -0.39 is 21.1 Å². The number of sulfonamides is 1. The maximum Gasteiger partial charge on any atom is 0.374 e. The average molecular weight is 221 g/mol. The summed E-state index contributed by atoms with van der Waals surface area (Å²) in [7, 11) is -2.96. The number of hydrogen-bond donors (Lipinski definition) is 2. The number of ether oxygens (including phenoxy) is 1. The monoisotopic (exact) mass is 221 g/mol. The van der Waals surface area contributed by atoms with Crippen LogP contribution < -0.4 is 4.89 Å². The van der Waals surface area contributed by atoms with E-state index in [1.807, 2.05) is 0 Å². The highest BCUT2D eigenvalue weighted by Gasteiger charge is 2.20. The van der Waals surface area contributed by atoms with Gasteiger partial charge in [0.05, 0.1) is 7.11 Å². The Morgan fingerprint density at radius 3 is 2.71 bits per heavy atom. The molecule has 0 fully saturated rings. The van der Waals surface area contributed by atoms with Crippen LogP contribution in [0.5, 0.6) is 0 Å². The van der Waals surface area contributed by atoms with Gasteiger partial charge in [-0.05, 0) is 12.1 Å². The molecule has 1 rings (SSSR count). The van der Waals surface area contributed by atoms with Gasteiger partial charge in [-0.15, -0.1) is 0 Å². The third-order valence-electron chi connectivity index (χ3n) is 1.35. The molecule has 78 valence electrons. The molecule has 0 aliphatic rings. The van der Waals surface area contributed by atoms with Gasteiger partial charge in [0, 0.05) is 0 Å². The molecule has 0 aromatic carbocycles. The minimum absolute atomic E-state index is 0.263. The van der Waals surface area contributed by atoms with Gasteiger partial charge < -0.3 is 14.4 Å². The van der Waals surface area contributed by atoms with Crippen LogP contribution in [0.25, 0.3) is 0 Å². The highest BCUT2D eigenvalue weighted by molar-refractivity contribution is 7.89. The van der Waals surface area contributed by atoms with Gasteiger partial charge in [-0.1, -0.05) is 4.89 Å². The van der Waals surface area contributed by atoms with Crippen molar-refractivity contribution < 1.29 is 27.6 Å². The highest BCUT2D eigenvalue weighted by atomic mass is 32.2. The predicted octanol–water partition coefficient (Wildman–Crippen LogP) is -0.266. The normalized spacial score (nSPS) is 11.3. The zero-order valence-corrected chi connectivity index (χ0v) is 7.87. The first kappa shape index (κ1) is 10.7. The Morgan fingerprint density at radius 1 is 1.57 bits per heavy atom. The SMILES string of the molecule is COC(=O)c1ccc(S(=O)(=O)NO)o1. The van der Waals surface area contributed by atoms with Crippen molar-refractivity contribution in [2.45, 2.75) is 5.09 Å². The third-order valence-corrected chi connectivity index (χ3v) is 2.34. The van der Waals surface area contributed by atoms with Crippen LogP contribution in [0.1, 0.15) is 10.6 Å². The van der Waals surface area contributed by atoms with Gasteiger partial charge in [-0.3, -0.25) is 0 Å². The molecular formula is C6H7NO6S. The lowest BCUT2D eigenvalue weighted by Crippen LogP contribution is -2.18. The van der Waals surface area contributed by atoms with Crippen molar-refractivity contribution in [3.63, 3.8) is 0 Å². The molecule has 2 N–H and O–H groups in total. The maximum atomic E-state index is 10.9. The van der Waals surface area contributed by atoms with E-state index in [2.05, 4.69) is 9.15 Å². The number of methoxy groups -OCH3 is 1. The summed E-state index contributed by atoms with van der Waals surface area (Å²) in [6.07, 6.45) is 0. The molecule has 0 spiro atoms. The number of esters is 1. The highest BCUT2D eigenvalue weighted by Crippen LogP contribution is 2.13. The van der Waals surface area contributed by atoms with Crippen molar-refractivity contribution >= 4 is 16.0 Å². The molecule has 0 atom stereocenters. The molecular weight excluding hydrogens is 214 g/mol. The lowest BCUT2D eigenvalue weighted by Gasteiger charge is -1.95. The topological polar surface area (TPSA) is 106 Å². The van der Waals surface area contributed by atoms with E-state index in [-0.39, 0.29) is 5.76 Å². The fraction of sp³-hybridized carbons (Fsp3) is 0.167. The second kappa shape index (κ2) is 3.78. The van der Waals surface area contributed by atoms with Crippen LogP contribution in [0.2, 0.25) is 0 Å². The number of furan rings is 1. The molecule has 0 amide bonds. The molecule has 1 heterocycles. The molecule has 0 bridgehead atoms. The van der Waals surface area contributed by atoms with Gasteiger partial charge in [-0.2, -0.15) is 0 Å². The van der Waals surface area contributed by atoms with E-state index in [0.717, 1.165) is 24.1 Å². The van der Waals surface area contributed by atoms with Crippen molar-refractivity contribution in [2.75, 3.05) is 7.11 Å². The molecule has 0 aliphatic carbocycles. The second-order valence-corrected chi connectivity index (χ2v) is 3.80. The summed E-state index contributed by atoms with van der Waals surface area (Å²) in [4.78, 5) is 11.9. The van der Waals surface area contributed by atoms with E-state index in [1.165, 1.54) is 0 Å². The minimum Gasteiger partial charge on any atom is -0.463 e. The van der Waals surface area contributed by atoms with Gasteiger partial charge >= 0.3 is 5.97 Å². The molecule has 1 aromatic rings. The van der Waals surface area contributed by atoms with E-state index in [4.69, 9.17) is 5.21 Å². The number of nitrogens with one attached hydrogen (secondary N) is 1. The summed E-state index contributed by atoms with van der Waals surface area (Å²) >= 11 is 0. The maximum absolute atomic E-state index is 10.9. The molecule has 14 heavy (non-hydrogen) atoms. The first-order chi connectivity index (χ1) is 6.51. The molecule has 0 saturated heterocycles. The molecule has 0 saturated carbocycles. The largest absolute Gasteiger partial charge is 0.463 e. The zero-order valence-electron chi connectivity index (χ0n) is 7.05. The van der Waals surface area contributed by atoms with Gasteiger partial charge in [0.15, 0.2) is 0 Å². The summed E-state index contributed by atoms with van der Waals surface area (Å²) < 4.78 is 30.7. The van der Waals surface area contributed by atoms with Gasteiger partial charge in [0.2, 0.25) is 10.9 Å². The number of hydrogen-bond acceptors (Lipinski definition) is 6. The van der Waals surface area contributed by atoms with Crippen LogP contribution in [-0.4, -0.2) is 26.7 Å². The minimum atomic E-state index is -4.09. The second-order valence-electron chi connectivity index (χ2n) is 2.20. The fourth-order valence-electron chi connectivity index (χ4n) is 0.720. The molecule has 0 aliphatic heterocycles. The smallest absolute Gasteiger partial charge is 0.374 e. The first-order valence-electron chi connectivity index (χ1n) is 3.35. The van der Waals surface area contributed by atoms with Gasteiger partial charge in [-0.25, -0.2) is 13.2 Å². The van der Waals surface area contributed by atoms with Crippen molar-refractivity contribution in [2.24, 2.45) is 0 Å². The summed E-state index contributed by atoms with van der Waals surface area (Å²) in [5.41, 5.74) is 0.